The Morgan fingerprint density at radius 1 is 1.09 bits per heavy atom. The third-order valence-electron chi connectivity index (χ3n) is 5.96. The number of hydrogen-bond donors (Lipinski definition) is 1. The first-order chi connectivity index (χ1) is 16.0. The molecule has 2 N–H and O–H groups in total. The molecule has 1 fully saturated rings. The fraction of sp³-hybridized carbons (Fsp3) is 0.400. The lowest BCUT2D eigenvalue weighted by Gasteiger charge is -2.34. The number of esters is 1. The van der Waals surface area contributed by atoms with Crippen LogP contribution < -0.4 is 5.73 Å². The molecule has 0 aromatic heterocycles. The van der Waals surface area contributed by atoms with Gasteiger partial charge >= 0.3 is 5.97 Å². The Morgan fingerprint density at radius 2 is 1.77 bits per heavy atom. The smallest absolute Gasteiger partial charge is 0.320 e. The standard InChI is InChI=1S/C25H30N4O4.2ClH/c1-2-33-23(30)17-28-10-9-19-7-8-21(15-22(19)25(28)26)24(31)20-5-3-18(4-6-20)16-27-29-11-13-32-14-12-29;;/h3-8,15-16,25H,2,9-14,17,26H2,1H3;2*1H. The summed E-state index contributed by atoms with van der Waals surface area (Å²) in [7, 11) is 0. The Balaban J connectivity index is 0.00000216. The van der Waals surface area contributed by atoms with Gasteiger partial charge in [0.05, 0.1) is 51.8 Å². The highest BCUT2D eigenvalue weighted by Crippen LogP contribution is 2.27. The van der Waals surface area contributed by atoms with E-state index in [2.05, 4.69) is 5.10 Å². The van der Waals surface area contributed by atoms with Crippen LogP contribution in [0.3, 0.4) is 0 Å². The number of hydrogen-bond acceptors (Lipinski definition) is 8. The van der Waals surface area contributed by atoms with Crippen molar-refractivity contribution >= 4 is 42.8 Å². The number of nitrogens with zero attached hydrogens (tertiary/aromatic N) is 3. The van der Waals surface area contributed by atoms with Crippen LogP contribution >= 0.6 is 24.8 Å². The molecule has 2 aliphatic rings. The summed E-state index contributed by atoms with van der Waals surface area (Å²) in [6, 6.07) is 13.1. The normalized spacial score (nSPS) is 17.8. The van der Waals surface area contributed by atoms with E-state index in [0.717, 1.165) is 36.2 Å². The molecule has 2 aliphatic heterocycles. The van der Waals surface area contributed by atoms with Gasteiger partial charge < -0.3 is 15.2 Å². The quantitative estimate of drug-likeness (QED) is 0.339. The lowest BCUT2D eigenvalue weighted by atomic mass is 9.92. The van der Waals surface area contributed by atoms with Crippen LogP contribution in [-0.2, 0) is 20.7 Å². The maximum atomic E-state index is 13.1. The van der Waals surface area contributed by atoms with Gasteiger partial charge in [-0.25, -0.2) is 0 Å². The first-order valence-electron chi connectivity index (χ1n) is 11.3. The van der Waals surface area contributed by atoms with E-state index in [1.165, 1.54) is 0 Å². The Morgan fingerprint density at radius 3 is 2.46 bits per heavy atom. The van der Waals surface area contributed by atoms with Crippen molar-refractivity contribution in [2.45, 2.75) is 19.5 Å². The van der Waals surface area contributed by atoms with Crippen molar-refractivity contribution in [3.8, 4) is 0 Å². The molecule has 0 saturated carbocycles. The first kappa shape index (κ1) is 28.7. The van der Waals surface area contributed by atoms with Crippen molar-refractivity contribution in [1.29, 1.82) is 0 Å². The monoisotopic (exact) mass is 522 g/mol. The number of benzene rings is 2. The number of carbonyl (C=O) groups is 2. The van der Waals surface area contributed by atoms with Gasteiger partial charge in [-0.15, -0.1) is 24.8 Å². The fourth-order valence-corrected chi connectivity index (χ4v) is 4.09. The zero-order chi connectivity index (χ0) is 23.2. The Hall–Kier alpha value is -2.49. The maximum Gasteiger partial charge on any atom is 0.320 e. The molecule has 1 saturated heterocycles. The third kappa shape index (κ3) is 7.25. The van der Waals surface area contributed by atoms with Crippen LogP contribution in [-0.4, -0.2) is 73.9 Å². The summed E-state index contributed by atoms with van der Waals surface area (Å²) in [6.45, 7) is 5.88. The summed E-state index contributed by atoms with van der Waals surface area (Å²) < 4.78 is 10.4. The molecule has 2 heterocycles. The SMILES string of the molecule is CCOC(=O)CN1CCc2ccc(C(=O)c3ccc(C=NN4CCOCC4)cc3)cc2C1N.Cl.Cl. The second-order valence-electron chi connectivity index (χ2n) is 8.15. The summed E-state index contributed by atoms with van der Waals surface area (Å²) in [5.74, 6) is -0.356. The second kappa shape index (κ2) is 13.6. The van der Waals surface area contributed by atoms with E-state index >= 15 is 0 Å². The molecule has 2 aromatic rings. The first-order valence-corrected chi connectivity index (χ1v) is 11.3. The highest BCUT2D eigenvalue weighted by molar-refractivity contribution is 6.09. The van der Waals surface area contributed by atoms with E-state index < -0.39 is 6.17 Å². The van der Waals surface area contributed by atoms with E-state index in [0.29, 0.717) is 37.5 Å². The molecular formula is C25H32Cl2N4O4. The van der Waals surface area contributed by atoms with Gasteiger partial charge in [0.25, 0.3) is 0 Å². The molecule has 0 spiro atoms. The zero-order valence-electron chi connectivity index (χ0n) is 19.7. The van der Waals surface area contributed by atoms with Crippen molar-refractivity contribution < 1.29 is 19.1 Å². The minimum Gasteiger partial charge on any atom is -0.465 e. The summed E-state index contributed by atoms with van der Waals surface area (Å²) in [5.41, 5.74) is 10.5. The topological polar surface area (TPSA) is 97.5 Å². The summed E-state index contributed by atoms with van der Waals surface area (Å²) >= 11 is 0. The van der Waals surface area contributed by atoms with Crippen molar-refractivity contribution in [3.05, 3.63) is 70.3 Å². The van der Waals surface area contributed by atoms with Gasteiger partial charge in [-0.1, -0.05) is 36.4 Å². The predicted octanol–water partition coefficient (Wildman–Crippen LogP) is 2.81. The van der Waals surface area contributed by atoms with E-state index in [1.807, 2.05) is 52.4 Å². The molecule has 1 unspecified atom stereocenters. The van der Waals surface area contributed by atoms with Crippen LogP contribution in [0.1, 0.15) is 45.7 Å². The lowest BCUT2D eigenvalue weighted by molar-refractivity contribution is -0.145. The van der Waals surface area contributed by atoms with Gasteiger partial charge in [-0.3, -0.25) is 19.5 Å². The number of carbonyl (C=O) groups excluding carboxylic acids is 2. The Labute approximate surface area is 218 Å². The van der Waals surface area contributed by atoms with Gasteiger partial charge in [0.15, 0.2) is 5.78 Å². The van der Waals surface area contributed by atoms with Gasteiger partial charge in [0.2, 0.25) is 0 Å². The molecule has 0 radical (unpaired) electrons. The van der Waals surface area contributed by atoms with E-state index in [1.54, 1.807) is 13.1 Å². The number of nitrogens with two attached hydrogens (primary N) is 1. The Kier molecular flexibility index (Phi) is 11.1. The molecular weight excluding hydrogens is 491 g/mol. The van der Waals surface area contributed by atoms with Crippen LogP contribution in [0.15, 0.2) is 47.6 Å². The molecule has 190 valence electrons. The van der Waals surface area contributed by atoms with Gasteiger partial charge in [-0.05, 0) is 36.1 Å². The van der Waals surface area contributed by atoms with Crippen LogP contribution in [0.5, 0.6) is 0 Å². The van der Waals surface area contributed by atoms with Crippen LogP contribution in [0.2, 0.25) is 0 Å². The zero-order valence-corrected chi connectivity index (χ0v) is 21.4. The van der Waals surface area contributed by atoms with Crippen molar-refractivity contribution in [2.75, 3.05) is 46.0 Å². The average Bonchev–Trinajstić information content (AvgIpc) is 2.85. The number of halogens is 2. The molecule has 0 aliphatic carbocycles. The molecule has 1 atom stereocenters. The van der Waals surface area contributed by atoms with Crippen molar-refractivity contribution in [1.82, 2.24) is 9.91 Å². The van der Waals surface area contributed by atoms with Crippen LogP contribution in [0.25, 0.3) is 0 Å². The molecule has 10 heteroatoms. The largest absolute Gasteiger partial charge is 0.465 e. The highest BCUT2D eigenvalue weighted by atomic mass is 35.5. The van der Waals surface area contributed by atoms with Gasteiger partial charge in [0, 0.05) is 17.7 Å². The van der Waals surface area contributed by atoms with E-state index in [9.17, 15) is 9.59 Å². The second-order valence-corrected chi connectivity index (χ2v) is 8.15. The Bertz CT molecular complexity index is 1030. The number of ether oxygens (including phenoxy) is 2. The van der Waals surface area contributed by atoms with E-state index in [4.69, 9.17) is 15.2 Å². The van der Waals surface area contributed by atoms with Crippen LogP contribution in [0.4, 0.5) is 0 Å². The average molecular weight is 523 g/mol. The minimum absolute atomic E-state index is 0. The predicted molar refractivity (Wildman–Crippen MR) is 140 cm³/mol. The van der Waals surface area contributed by atoms with Gasteiger partial charge in [0.1, 0.15) is 0 Å². The molecule has 2 aromatic carbocycles. The molecule has 0 bridgehead atoms. The fourth-order valence-electron chi connectivity index (χ4n) is 4.09. The summed E-state index contributed by atoms with van der Waals surface area (Å²) in [5, 5.41) is 6.45. The van der Waals surface area contributed by atoms with Crippen LogP contribution in [0, 0.1) is 0 Å². The molecule has 35 heavy (non-hydrogen) atoms. The van der Waals surface area contributed by atoms with Crippen molar-refractivity contribution in [2.24, 2.45) is 10.8 Å². The number of hydrazone groups is 1. The van der Waals surface area contributed by atoms with Gasteiger partial charge in [-0.2, -0.15) is 5.10 Å². The molecule has 0 amide bonds. The highest BCUT2D eigenvalue weighted by Gasteiger charge is 2.27. The number of ketones is 1. The minimum atomic E-state index is -0.454. The third-order valence-corrected chi connectivity index (χ3v) is 5.96. The number of fused-ring (bicyclic) bond motifs is 1. The molecule has 4 rings (SSSR count). The number of rotatable bonds is 7. The summed E-state index contributed by atoms with van der Waals surface area (Å²) in [6.07, 6.45) is 2.12. The van der Waals surface area contributed by atoms with Crippen molar-refractivity contribution in [3.63, 3.8) is 0 Å². The van der Waals surface area contributed by atoms with E-state index in [-0.39, 0.29) is 43.1 Å². The lowest BCUT2D eigenvalue weighted by Crippen LogP contribution is -2.43. The summed E-state index contributed by atoms with van der Waals surface area (Å²) in [4.78, 5) is 26.9. The number of morpholine rings is 1. The maximum absolute atomic E-state index is 13.1. The molecule has 8 nitrogen and oxygen atoms in total.